The molecule has 0 atom stereocenters. The first-order valence-corrected chi connectivity index (χ1v) is 6.22. The van der Waals surface area contributed by atoms with Crippen molar-refractivity contribution >= 4 is 16.7 Å². The first kappa shape index (κ1) is 12.3. The molecule has 0 fully saturated rings. The van der Waals surface area contributed by atoms with Gasteiger partial charge in [0.05, 0.1) is 5.39 Å². The Morgan fingerprint density at radius 1 is 1.05 bits per heavy atom. The summed E-state index contributed by atoms with van der Waals surface area (Å²) in [6.07, 6.45) is 0.501. The molecule has 0 bridgehead atoms. The molecule has 100 valence electrons. The first-order chi connectivity index (χ1) is 9.61. The SMILES string of the molecule is Nc1ccc(Cc2cc(=O)c3ccc(O)cc3o2)cc1. The van der Waals surface area contributed by atoms with Gasteiger partial charge >= 0.3 is 0 Å². The number of benzene rings is 2. The van der Waals surface area contributed by atoms with Crippen molar-refractivity contribution in [3.8, 4) is 5.75 Å². The van der Waals surface area contributed by atoms with E-state index in [4.69, 9.17) is 10.2 Å². The van der Waals surface area contributed by atoms with Crippen LogP contribution in [0.4, 0.5) is 5.69 Å². The first-order valence-electron chi connectivity index (χ1n) is 6.22. The fourth-order valence-corrected chi connectivity index (χ4v) is 2.12. The molecule has 0 saturated heterocycles. The lowest BCUT2D eigenvalue weighted by molar-refractivity contribution is 0.473. The van der Waals surface area contributed by atoms with Gasteiger partial charge in [0.15, 0.2) is 5.43 Å². The van der Waals surface area contributed by atoms with Crippen LogP contribution in [0.3, 0.4) is 0 Å². The second kappa shape index (κ2) is 4.74. The monoisotopic (exact) mass is 267 g/mol. The second-order valence-electron chi connectivity index (χ2n) is 4.68. The van der Waals surface area contributed by atoms with Gasteiger partial charge in [0.1, 0.15) is 17.1 Å². The molecule has 3 aromatic rings. The number of nitrogen functional groups attached to an aromatic ring is 1. The Morgan fingerprint density at radius 3 is 2.55 bits per heavy atom. The average Bonchev–Trinajstić information content (AvgIpc) is 2.41. The number of aromatic hydroxyl groups is 1. The van der Waals surface area contributed by atoms with Crippen LogP contribution in [0.5, 0.6) is 5.75 Å². The Morgan fingerprint density at radius 2 is 1.80 bits per heavy atom. The van der Waals surface area contributed by atoms with Crippen molar-refractivity contribution < 1.29 is 9.52 Å². The zero-order valence-electron chi connectivity index (χ0n) is 10.7. The quantitative estimate of drug-likeness (QED) is 0.700. The van der Waals surface area contributed by atoms with Gasteiger partial charge in [-0.05, 0) is 29.8 Å². The Balaban J connectivity index is 2.04. The van der Waals surface area contributed by atoms with Crippen LogP contribution in [0.2, 0.25) is 0 Å². The third-order valence-electron chi connectivity index (χ3n) is 3.12. The van der Waals surface area contributed by atoms with Crippen LogP contribution in [-0.4, -0.2) is 5.11 Å². The van der Waals surface area contributed by atoms with E-state index in [9.17, 15) is 9.90 Å². The van der Waals surface area contributed by atoms with Crippen LogP contribution in [0.1, 0.15) is 11.3 Å². The number of fused-ring (bicyclic) bond motifs is 1. The number of hydrogen-bond donors (Lipinski definition) is 2. The van der Waals surface area contributed by atoms with E-state index in [0.29, 0.717) is 28.8 Å². The maximum Gasteiger partial charge on any atom is 0.192 e. The Kier molecular flexibility index (Phi) is 2.91. The molecule has 0 aliphatic heterocycles. The van der Waals surface area contributed by atoms with Gasteiger partial charge in [-0.2, -0.15) is 0 Å². The van der Waals surface area contributed by atoms with E-state index in [0.717, 1.165) is 5.56 Å². The minimum absolute atomic E-state index is 0.0743. The van der Waals surface area contributed by atoms with Crippen LogP contribution >= 0.6 is 0 Å². The van der Waals surface area contributed by atoms with Crippen molar-refractivity contribution in [3.63, 3.8) is 0 Å². The van der Waals surface area contributed by atoms with Crippen LogP contribution in [0.15, 0.2) is 57.7 Å². The molecule has 0 radical (unpaired) electrons. The lowest BCUT2D eigenvalue weighted by Gasteiger charge is -2.04. The molecule has 3 N–H and O–H groups in total. The van der Waals surface area contributed by atoms with E-state index in [1.54, 1.807) is 18.2 Å². The van der Waals surface area contributed by atoms with Crippen molar-refractivity contribution in [1.82, 2.24) is 0 Å². The maximum absolute atomic E-state index is 12.0. The zero-order valence-corrected chi connectivity index (χ0v) is 10.7. The number of hydrogen-bond acceptors (Lipinski definition) is 4. The number of phenols is 1. The largest absolute Gasteiger partial charge is 0.508 e. The summed E-state index contributed by atoms with van der Waals surface area (Å²) in [6.45, 7) is 0. The van der Waals surface area contributed by atoms with Gasteiger partial charge in [-0.15, -0.1) is 0 Å². The maximum atomic E-state index is 12.0. The van der Waals surface area contributed by atoms with Crippen LogP contribution in [0.25, 0.3) is 11.0 Å². The van der Waals surface area contributed by atoms with Gasteiger partial charge in [-0.1, -0.05) is 12.1 Å². The summed E-state index contributed by atoms with van der Waals surface area (Å²) < 4.78 is 5.67. The van der Waals surface area contributed by atoms with Gasteiger partial charge in [-0.25, -0.2) is 0 Å². The predicted molar refractivity (Wildman–Crippen MR) is 77.8 cm³/mol. The minimum atomic E-state index is -0.114. The van der Waals surface area contributed by atoms with Gasteiger partial charge in [-0.3, -0.25) is 4.79 Å². The lowest BCUT2D eigenvalue weighted by atomic mass is 10.1. The normalized spacial score (nSPS) is 10.8. The van der Waals surface area contributed by atoms with E-state index in [1.165, 1.54) is 18.2 Å². The third kappa shape index (κ3) is 2.36. The van der Waals surface area contributed by atoms with E-state index in [-0.39, 0.29) is 11.2 Å². The number of rotatable bonds is 2. The molecule has 0 aliphatic rings. The molecule has 0 unspecified atom stereocenters. The fraction of sp³-hybridized carbons (Fsp3) is 0.0625. The molecule has 20 heavy (non-hydrogen) atoms. The average molecular weight is 267 g/mol. The Bertz CT molecular complexity index is 819. The van der Waals surface area contributed by atoms with Crippen molar-refractivity contribution in [2.24, 2.45) is 0 Å². The minimum Gasteiger partial charge on any atom is -0.508 e. The molecule has 0 amide bonds. The summed E-state index contributed by atoms with van der Waals surface area (Å²) >= 11 is 0. The van der Waals surface area contributed by atoms with Crippen molar-refractivity contribution in [2.75, 3.05) is 5.73 Å². The van der Waals surface area contributed by atoms with Gasteiger partial charge < -0.3 is 15.3 Å². The van der Waals surface area contributed by atoms with Gasteiger partial charge in [0.25, 0.3) is 0 Å². The number of anilines is 1. The summed E-state index contributed by atoms with van der Waals surface area (Å²) in [5.74, 6) is 0.628. The van der Waals surface area contributed by atoms with Gasteiger partial charge in [0.2, 0.25) is 0 Å². The molecule has 4 heteroatoms. The predicted octanol–water partition coefficient (Wildman–Crippen LogP) is 2.67. The Labute approximate surface area is 115 Å². The summed E-state index contributed by atoms with van der Waals surface area (Å²) in [7, 11) is 0. The molecular formula is C16H13NO3. The smallest absolute Gasteiger partial charge is 0.192 e. The highest BCUT2D eigenvalue weighted by Gasteiger charge is 2.06. The number of phenolic OH excluding ortho intramolecular Hbond substituents is 1. The lowest BCUT2D eigenvalue weighted by Crippen LogP contribution is -2.02. The molecule has 0 spiro atoms. The van der Waals surface area contributed by atoms with Crippen LogP contribution in [-0.2, 0) is 6.42 Å². The van der Waals surface area contributed by atoms with Crippen molar-refractivity contribution in [3.05, 3.63) is 70.1 Å². The number of nitrogens with two attached hydrogens (primary N) is 1. The molecule has 0 aliphatic carbocycles. The molecule has 0 saturated carbocycles. The standard InChI is InChI=1S/C16H13NO3/c17-11-3-1-10(2-4-11)7-13-9-15(19)14-6-5-12(18)8-16(14)20-13/h1-6,8-9,18H,7,17H2. The highest BCUT2D eigenvalue weighted by atomic mass is 16.3. The molecule has 4 nitrogen and oxygen atoms in total. The second-order valence-corrected chi connectivity index (χ2v) is 4.68. The van der Waals surface area contributed by atoms with E-state index >= 15 is 0 Å². The third-order valence-corrected chi connectivity index (χ3v) is 3.12. The topological polar surface area (TPSA) is 76.5 Å². The molecule has 1 heterocycles. The van der Waals surface area contributed by atoms with E-state index in [2.05, 4.69) is 0 Å². The molecule has 3 rings (SSSR count). The highest BCUT2D eigenvalue weighted by molar-refractivity contribution is 5.77. The molecular weight excluding hydrogens is 254 g/mol. The summed E-state index contributed by atoms with van der Waals surface area (Å²) in [4.78, 5) is 12.0. The van der Waals surface area contributed by atoms with Crippen molar-refractivity contribution in [1.29, 1.82) is 0 Å². The van der Waals surface area contributed by atoms with Crippen LogP contribution < -0.4 is 11.2 Å². The summed E-state index contributed by atoms with van der Waals surface area (Å²) in [5, 5.41) is 9.92. The fourth-order valence-electron chi connectivity index (χ4n) is 2.12. The van der Waals surface area contributed by atoms with E-state index < -0.39 is 0 Å². The molecule has 1 aromatic heterocycles. The zero-order chi connectivity index (χ0) is 14.1. The van der Waals surface area contributed by atoms with Crippen molar-refractivity contribution in [2.45, 2.75) is 6.42 Å². The molecule has 2 aromatic carbocycles. The summed E-state index contributed by atoms with van der Waals surface area (Å²) in [5.41, 5.74) is 7.61. The Hall–Kier alpha value is -2.75. The van der Waals surface area contributed by atoms with Gasteiger partial charge in [0, 0.05) is 24.2 Å². The van der Waals surface area contributed by atoms with Crippen LogP contribution in [0, 0.1) is 0 Å². The summed E-state index contributed by atoms with van der Waals surface area (Å²) in [6, 6.07) is 13.4. The van der Waals surface area contributed by atoms with E-state index in [1.807, 2.05) is 12.1 Å². The highest BCUT2D eigenvalue weighted by Crippen LogP contribution is 2.20.